The van der Waals surface area contributed by atoms with Gasteiger partial charge >= 0.3 is 11.9 Å². The summed E-state index contributed by atoms with van der Waals surface area (Å²) in [6.45, 7) is 0.465. The van der Waals surface area contributed by atoms with Crippen molar-refractivity contribution < 1.29 is 34.5 Å². The molecule has 0 spiro atoms. The van der Waals surface area contributed by atoms with Gasteiger partial charge in [-0.05, 0) is 5.56 Å². The first-order valence-corrected chi connectivity index (χ1v) is 6.69. The van der Waals surface area contributed by atoms with Crippen molar-refractivity contribution in [2.45, 2.75) is 18.6 Å². The van der Waals surface area contributed by atoms with E-state index in [-0.39, 0.29) is 6.42 Å². The summed E-state index contributed by atoms with van der Waals surface area (Å²) in [4.78, 5) is 20.4. The van der Waals surface area contributed by atoms with Crippen LogP contribution in [0.5, 0.6) is 0 Å². The number of hydrogen-bond donors (Lipinski definition) is 4. The van der Waals surface area contributed by atoms with Gasteiger partial charge in [0, 0.05) is 0 Å². The van der Waals surface area contributed by atoms with Crippen molar-refractivity contribution in [2.75, 3.05) is 27.7 Å². The van der Waals surface area contributed by atoms with Crippen molar-refractivity contribution in [3.63, 3.8) is 0 Å². The van der Waals surface area contributed by atoms with Gasteiger partial charge in [0.25, 0.3) is 0 Å². The molecule has 0 fully saturated rings. The number of aliphatic hydroxyl groups excluding tert-OH is 2. The molecule has 7 heteroatoms. The van der Waals surface area contributed by atoms with E-state index in [4.69, 9.17) is 20.4 Å². The molecule has 1 aromatic rings. The number of rotatable bonds is 6. The van der Waals surface area contributed by atoms with Gasteiger partial charge in [-0.1, -0.05) is 30.3 Å². The van der Waals surface area contributed by atoms with Crippen LogP contribution in [0.25, 0.3) is 0 Å². The Labute approximate surface area is 129 Å². The second kappa shape index (κ2) is 9.14. The lowest BCUT2D eigenvalue weighted by atomic mass is 10.1. The topological polar surface area (TPSA) is 115 Å². The number of aliphatic hydroxyl groups is 2. The molecule has 0 aliphatic carbocycles. The van der Waals surface area contributed by atoms with E-state index in [2.05, 4.69) is 0 Å². The van der Waals surface area contributed by atoms with Crippen molar-refractivity contribution in [3.8, 4) is 0 Å². The second-order valence-corrected chi connectivity index (χ2v) is 5.88. The third kappa shape index (κ3) is 9.87. The van der Waals surface area contributed by atoms with Gasteiger partial charge in [0.05, 0.1) is 27.6 Å². The van der Waals surface area contributed by atoms with Crippen LogP contribution in [0.2, 0.25) is 0 Å². The van der Waals surface area contributed by atoms with E-state index < -0.39 is 24.1 Å². The fourth-order valence-electron chi connectivity index (χ4n) is 1.68. The molecule has 0 amide bonds. The van der Waals surface area contributed by atoms with Gasteiger partial charge < -0.3 is 24.9 Å². The Hall–Kier alpha value is -1.96. The Kier molecular flexibility index (Phi) is 8.32. The van der Waals surface area contributed by atoms with Gasteiger partial charge in [-0.3, -0.25) is 4.79 Å². The van der Waals surface area contributed by atoms with Crippen molar-refractivity contribution in [1.29, 1.82) is 0 Å². The molecule has 7 nitrogen and oxygen atoms in total. The van der Waals surface area contributed by atoms with Crippen molar-refractivity contribution >= 4 is 11.9 Å². The SMILES string of the molecule is C[N+](C)(C)CC(O)CC(=O)O.O=C(O)C(O)c1ccccc1. The molecule has 0 heterocycles. The summed E-state index contributed by atoms with van der Waals surface area (Å²) in [5.74, 6) is -2.18. The molecule has 0 bridgehead atoms. The highest BCUT2D eigenvalue weighted by molar-refractivity contribution is 5.73. The maximum atomic E-state index is 10.2. The molecule has 2 atom stereocenters. The average Bonchev–Trinajstić information content (AvgIpc) is 2.36. The largest absolute Gasteiger partial charge is 0.481 e. The molecule has 0 saturated carbocycles. The maximum absolute atomic E-state index is 10.2. The van der Waals surface area contributed by atoms with E-state index in [0.29, 0.717) is 16.6 Å². The number of likely N-dealkylation sites (N-methyl/N-ethyl adjacent to an activating group) is 1. The van der Waals surface area contributed by atoms with Crippen LogP contribution >= 0.6 is 0 Å². The third-order valence-corrected chi connectivity index (χ3v) is 2.52. The second-order valence-electron chi connectivity index (χ2n) is 5.88. The average molecular weight is 314 g/mol. The van der Waals surface area contributed by atoms with E-state index in [1.165, 1.54) is 0 Å². The van der Waals surface area contributed by atoms with Gasteiger partial charge in [0.2, 0.25) is 0 Å². The minimum absolute atomic E-state index is 0.171. The van der Waals surface area contributed by atoms with Gasteiger partial charge in [0.1, 0.15) is 12.6 Å². The van der Waals surface area contributed by atoms with Crippen LogP contribution in [0.4, 0.5) is 0 Å². The summed E-state index contributed by atoms with van der Waals surface area (Å²) < 4.78 is 0.578. The molecule has 124 valence electrons. The molecular weight excluding hydrogens is 290 g/mol. The molecule has 22 heavy (non-hydrogen) atoms. The van der Waals surface area contributed by atoms with Crippen LogP contribution in [0.3, 0.4) is 0 Å². The summed E-state index contributed by atoms with van der Waals surface area (Å²) in [6.07, 6.45) is -2.32. The van der Waals surface area contributed by atoms with Crippen LogP contribution in [-0.2, 0) is 9.59 Å². The lowest BCUT2D eigenvalue weighted by Gasteiger charge is -2.25. The van der Waals surface area contributed by atoms with Gasteiger partial charge in [-0.25, -0.2) is 4.79 Å². The van der Waals surface area contributed by atoms with Crippen LogP contribution in [-0.4, -0.2) is 70.6 Å². The van der Waals surface area contributed by atoms with Crippen molar-refractivity contribution in [3.05, 3.63) is 35.9 Å². The van der Waals surface area contributed by atoms with Gasteiger partial charge in [-0.2, -0.15) is 0 Å². The smallest absolute Gasteiger partial charge is 0.337 e. The van der Waals surface area contributed by atoms with Crippen molar-refractivity contribution in [1.82, 2.24) is 0 Å². The van der Waals surface area contributed by atoms with Crippen LogP contribution in [0, 0.1) is 0 Å². The molecule has 0 aromatic heterocycles. The lowest BCUT2D eigenvalue weighted by molar-refractivity contribution is -0.873. The number of carboxylic acids is 2. The number of benzene rings is 1. The fourth-order valence-corrected chi connectivity index (χ4v) is 1.68. The molecule has 1 rings (SSSR count). The summed E-state index contributed by atoms with van der Waals surface area (Å²) in [5, 5.41) is 34.9. The Bertz CT molecular complexity index is 469. The maximum Gasteiger partial charge on any atom is 0.337 e. The lowest BCUT2D eigenvalue weighted by Crippen LogP contribution is -2.42. The fraction of sp³-hybridized carbons (Fsp3) is 0.467. The van der Waals surface area contributed by atoms with E-state index in [1.54, 1.807) is 30.3 Å². The standard InChI is InChI=1S/C8H8O3.C7H15NO3/c9-7(8(10)11)6-4-2-1-3-5-6;1-8(2,3)5-6(9)4-7(10)11/h1-5,7,9H,(H,10,11);6,9H,4-5H2,1-3H3/p+1. The summed E-state index contributed by atoms with van der Waals surface area (Å²) >= 11 is 0. The molecule has 0 saturated heterocycles. The highest BCUT2D eigenvalue weighted by Gasteiger charge is 2.17. The zero-order valence-corrected chi connectivity index (χ0v) is 13.0. The first-order valence-electron chi connectivity index (χ1n) is 6.69. The van der Waals surface area contributed by atoms with Gasteiger partial charge in [0.15, 0.2) is 6.10 Å². The zero-order valence-electron chi connectivity index (χ0n) is 13.0. The quantitative estimate of drug-likeness (QED) is 0.563. The molecular formula is C15H24NO6+. The first kappa shape index (κ1) is 20.0. The van der Waals surface area contributed by atoms with Crippen molar-refractivity contribution in [2.24, 2.45) is 0 Å². The zero-order chi connectivity index (χ0) is 17.3. The number of hydrogen-bond acceptors (Lipinski definition) is 4. The van der Waals surface area contributed by atoms with E-state index in [1.807, 2.05) is 21.1 Å². The summed E-state index contributed by atoms with van der Waals surface area (Å²) in [7, 11) is 5.72. The Balaban J connectivity index is 0.000000401. The first-order chi connectivity index (χ1) is 10.0. The monoisotopic (exact) mass is 314 g/mol. The molecule has 0 aliphatic rings. The van der Waals surface area contributed by atoms with Crippen LogP contribution < -0.4 is 0 Å². The van der Waals surface area contributed by atoms with E-state index >= 15 is 0 Å². The molecule has 0 aliphatic heterocycles. The number of aliphatic carboxylic acids is 2. The Morgan fingerprint density at radius 3 is 1.91 bits per heavy atom. The Morgan fingerprint density at radius 2 is 1.55 bits per heavy atom. The number of quaternary nitrogens is 1. The normalized spacial score (nSPS) is 13.5. The summed E-state index contributed by atoms with van der Waals surface area (Å²) in [5.41, 5.74) is 0.403. The number of carbonyl (C=O) groups is 2. The molecule has 0 radical (unpaired) electrons. The third-order valence-electron chi connectivity index (χ3n) is 2.52. The number of carboxylic acid groups (broad SMARTS) is 2. The molecule has 4 N–H and O–H groups in total. The predicted octanol–water partition coefficient (Wildman–Crippen LogP) is 0.333. The predicted molar refractivity (Wildman–Crippen MR) is 80.2 cm³/mol. The number of nitrogens with zero attached hydrogens (tertiary/aromatic N) is 1. The van der Waals surface area contributed by atoms with E-state index in [0.717, 1.165) is 0 Å². The van der Waals surface area contributed by atoms with Gasteiger partial charge in [-0.15, -0.1) is 0 Å². The van der Waals surface area contributed by atoms with Crippen LogP contribution in [0.15, 0.2) is 30.3 Å². The minimum Gasteiger partial charge on any atom is -0.481 e. The Morgan fingerprint density at radius 1 is 1.05 bits per heavy atom. The highest BCUT2D eigenvalue weighted by atomic mass is 16.4. The highest BCUT2D eigenvalue weighted by Crippen LogP contribution is 2.10. The van der Waals surface area contributed by atoms with E-state index in [9.17, 15) is 9.59 Å². The molecule has 2 unspecified atom stereocenters. The minimum atomic E-state index is -1.41. The van der Waals surface area contributed by atoms with Crippen LogP contribution in [0.1, 0.15) is 18.1 Å². The molecule has 1 aromatic carbocycles. The summed E-state index contributed by atoms with van der Waals surface area (Å²) in [6, 6.07) is 8.26.